The molecule has 1 N–H and O–H groups in total. The van der Waals surface area contributed by atoms with E-state index in [1.54, 1.807) is 0 Å². The Hall–Kier alpha value is -0.840. The molecule has 0 saturated heterocycles. The lowest BCUT2D eigenvalue weighted by atomic mass is 10.3. The van der Waals surface area contributed by atoms with Gasteiger partial charge >= 0.3 is 5.97 Å². The van der Waals surface area contributed by atoms with Crippen molar-refractivity contribution in [1.29, 1.82) is 0 Å². The maximum Gasteiger partial charge on any atom is 0.354 e. The van der Waals surface area contributed by atoms with Crippen LogP contribution in [0.1, 0.15) is 30.4 Å². The molecule has 0 saturated carbocycles. The monoisotopic (exact) mass is 232 g/mol. The molecule has 1 heterocycles. The second-order valence-corrected chi connectivity index (χ2v) is 3.51. The van der Waals surface area contributed by atoms with Crippen LogP contribution in [0.4, 0.5) is 0 Å². The minimum absolute atomic E-state index is 0.0578. The number of halogens is 1. The summed E-state index contributed by atoms with van der Waals surface area (Å²) in [6.45, 7) is 3.76. The van der Waals surface area contributed by atoms with Crippen molar-refractivity contribution in [1.82, 2.24) is 9.78 Å². The zero-order valence-corrected chi connectivity index (χ0v) is 8.37. The fraction of sp³-hybridized carbons (Fsp3) is 0.429. The van der Waals surface area contributed by atoms with Crippen molar-refractivity contribution in [2.45, 2.75) is 19.9 Å². The minimum atomic E-state index is -0.957. The highest BCUT2D eigenvalue weighted by atomic mass is 79.9. The third-order valence-corrected chi connectivity index (χ3v) is 1.80. The summed E-state index contributed by atoms with van der Waals surface area (Å²) in [4.78, 5) is 10.7. The van der Waals surface area contributed by atoms with Gasteiger partial charge in [-0.3, -0.25) is 4.68 Å². The van der Waals surface area contributed by atoms with Gasteiger partial charge in [-0.15, -0.1) is 0 Å². The van der Waals surface area contributed by atoms with Crippen molar-refractivity contribution in [3.63, 3.8) is 0 Å². The van der Waals surface area contributed by atoms with Crippen LogP contribution in [0.3, 0.4) is 0 Å². The molecule has 1 aromatic heterocycles. The van der Waals surface area contributed by atoms with E-state index in [1.165, 1.54) is 10.7 Å². The van der Waals surface area contributed by atoms with Crippen LogP contribution >= 0.6 is 15.9 Å². The molecule has 5 heteroatoms. The maximum atomic E-state index is 10.7. The van der Waals surface area contributed by atoms with Crippen LogP contribution in [-0.4, -0.2) is 20.9 Å². The number of rotatable bonds is 2. The van der Waals surface area contributed by atoms with Gasteiger partial charge in [0.25, 0.3) is 0 Å². The first-order chi connectivity index (χ1) is 5.52. The van der Waals surface area contributed by atoms with Gasteiger partial charge < -0.3 is 5.11 Å². The topological polar surface area (TPSA) is 55.1 Å². The van der Waals surface area contributed by atoms with Crippen molar-refractivity contribution < 1.29 is 9.90 Å². The Bertz CT molecular complexity index is 306. The van der Waals surface area contributed by atoms with E-state index >= 15 is 0 Å². The first-order valence-electron chi connectivity index (χ1n) is 3.50. The highest BCUT2D eigenvalue weighted by Gasteiger charge is 2.14. The molecule has 1 rings (SSSR count). The highest BCUT2D eigenvalue weighted by Crippen LogP contribution is 2.14. The van der Waals surface area contributed by atoms with E-state index in [4.69, 9.17) is 5.11 Å². The number of carbonyl (C=O) groups is 1. The lowest BCUT2D eigenvalue weighted by Crippen LogP contribution is -2.11. The zero-order valence-electron chi connectivity index (χ0n) is 6.78. The first kappa shape index (κ1) is 9.25. The molecule has 66 valence electrons. The van der Waals surface area contributed by atoms with Crippen LogP contribution in [0.5, 0.6) is 0 Å². The van der Waals surface area contributed by atoms with Crippen LogP contribution in [0.25, 0.3) is 0 Å². The maximum absolute atomic E-state index is 10.7. The van der Waals surface area contributed by atoms with E-state index < -0.39 is 5.97 Å². The molecular formula is C7H9BrN2O2. The summed E-state index contributed by atoms with van der Waals surface area (Å²) < 4.78 is 2.01. The van der Waals surface area contributed by atoms with E-state index in [-0.39, 0.29) is 11.7 Å². The SMILES string of the molecule is CC(C)n1nc(Br)cc1C(=O)O. The zero-order chi connectivity index (χ0) is 9.30. The number of aromatic nitrogens is 2. The third kappa shape index (κ3) is 1.66. The number of hydrogen-bond acceptors (Lipinski definition) is 2. The number of carboxylic acids is 1. The Balaban J connectivity index is 3.17. The van der Waals surface area contributed by atoms with Crippen molar-refractivity contribution in [3.8, 4) is 0 Å². The molecule has 0 atom stereocenters. The van der Waals surface area contributed by atoms with Gasteiger partial charge in [-0.05, 0) is 29.8 Å². The summed E-state index contributed by atoms with van der Waals surface area (Å²) >= 11 is 3.12. The van der Waals surface area contributed by atoms with E-state index in [1.807, 2.05) is 13.8 Å². The minimum Gasteiger partial charge on any atom is -0.477 e. The van der Waals surface area contributed by atoms with Gasteiger partial charge in [0.05, 0.1) is 0 Å². The normalized spacial score (nSPS) is 10.7. The number of nitrogens with zero attached hydrogens (tertiary/aromatic N) is 2. The fourth-order valence-corrected chi connectivity index (χ4v) is 1.31. The summed E-state index contributed by atoms with van der Waals surface area (Å²) in [5, 5.41) is 12.7. The Kier molecular flexibility index (Phi) is 2.52. The molecule has 0 unspecified atom stereocenters. The molecule has 0 aliphatic carbocycles. The highest BCUT2D eigenvalue weighted by molar-refractivity contribution is 9.10. The lowest BCUT2D eigenvalue weighted by molar-refractivity contribution is 0.0681. The molecule has 0 radical (unpaired) electrons. The molecule has 0 amide bonds. The Morgan fingerprint density at radius 1 is 1.75 bits per heavy atom. The van der Waals surface area contributed by atoms with E-state index in [0.717, 1.165) is 0 Å². The Labute approximate surface area is 78.3 Å². The second kappa shape index (κ2) is 3.26. The number of carboxylic acid groups (broad SMARTS) is 1. The largest absolute Gasteiger partial charge is 0.477 e. The van der Waals surface area contributed by atoms with Crippen LogP contribution < -0.4 is 0 Å². The average Bonchev–Trinajstić information content (AvgIpc) is 2.31. The molecule has 0 aromatic carbocycles. The van der Waals surface area contributed by atoms with Gasteiger partial charge in [0.2, 0.25) is 0 Å². The smallest absolute Gasteiger partial charge is 0.354 e. The van der Waals surface area contributed by atoms with Crippen LogP contribution in [-0.2, 0) is 0 Å². The van der Waals surface area contributed by atoms with Gasteiger partial charge in [0, 0.05) is 12.1 Å². The summed E-state index contributed by atoms with van der Waals surface area (Å²) in [6.07, 6.45) is 0. The van der Waals surface area contributed by atoms with Crippen molar-refractivity contribution in [2.75, 3.05) is 0 Å². The molecule has 0 fully saturated rings. The number of aromatic carboxylic acids is 1. The lowest BCUT2D eigenvalue weighted by Gasteiger charge is -2.06. The van der Waals surface area contributed by atoms with Crippen molar-refractivity contribution in [2.24, 2.45) is 0 Å². The van der Waals surface area contributed by atoms with Crippen LogP contribution in [0, 0.1) is 0 Å². The van der Waals surface area contributed by atoms with Crippen LogP contribution in [0.2, 0.25) is 0 Å². The van der Waals surface area contributed by atoms with Gasteiger partial charge in [-0.25, -0.2) is 4.79 Å². The molecule has 0 aliphatic rings. The summed E-state index contributed by atoms with van der Waals surface area (Å²) in [5.41, 5.74) is 0.205. The average molecular weight is 233 g/mol. The predicted molar refractivity (Wildman–Crippen MR) is 47.3 cm³/mol. The van der Waals surface area contributed by atoms with Gasteiger partial charge in [-0.2, -0.15) is 5.10 Å². The van der Waals surface area contributed by atoms with E-state index in [0.29, 0.717) is 4.60 Å². The predicted octanol–water partition coefficient (Wildman–Crippen LogP) is 1.92. The fourth-order valence-electron chi connectivity index (χ4n) is 0.918. The second-order valence-electron chi connectivity index (χ2n) is 2.70. The van der Waals surface area contributed by atoms with Gasteiger partial charge in [0.15, 0.2) is 0 Å². The number of hydrogen-bond donors (Lipinski definition) is 1. The molecule has 0 spiro atoms. The quantitative estimate of drug-likeness (QED) is 0.848. The van der Waals surface area contributed by atoms with Gasteiger partial charge in [-0.1, -0.05) is 0 Å². The third-order valence-electron chi connectivity index (χ3n) is 1.41. The summed E-state index contributed by atoms with van der Waals surface area (Å²) in [6, 6.07) is 1.55. The molecular weight excluding hydrogens is 224 g/mol. The standard InChI is InChI=1S/C7H9BrN2O2/c1-4(2)10-5(7(11)12)3-6(8)9-10/h3-4H,1-2H3,(H,11,12). The molecule has 1 aromatic rings. The van der Waals surface area contributed by atoms with Crippen molar-refractivity contribution in [3.05, 3.63) is 16.4 Å². The first-order valence-corrected chi connectivity index (χ1v) is 4.30. The summed E-state index contributed by atoms with van der Waals surface area (Å²) in [5.74, 6) is -0.957. The molecule has 12 heavy (non-hydrogen) atoms. The summed E-state index contributed by atoms with van der Waals surface area (Å²) in [7, 11) is 0. The van der Waals surface area contributed by atoms with Gasteiger partial charge in [0.1, 0.15) is 10.3 Å². The van der Waals surface area contributed by atoms with Crippen LogP contribution in [0.15, 0.2) is 10.7 Å². The Morgan fingerprint density at radius 3 is 2.67 bits per heavy atom. The molecule has 4 nitrogen and oxygen atoms in total. The molecule has 0 bridgehead atoms. The van der Waals surface area contributed by atoms with Crippen molar-refractivity contribution >= 4 is 21.9 Å². The van der Waals surface area contributed by atoms with E-state index in [9.17, 15) is 4.79 Å². The van der Waals surface area contributed by atoms with E-state index in [2.05, 4.69) is 21.0 Å². The Morgan fingerprint density at radius 2 is 2.33 bits per heavy atom. The molecule has 0 aliphatic heterocycles.